The number of nitrogens with one attached hydrogen (secondary N) is 1. The molecule has 154 valence electrons. The minimum Gasteiger partial charge on any atom is -0.496 e. The maximum Gasteiger partial charge on any atom is 0.331 e. The quantitative estimate of drug-likeness (QED) is 0.445. The largest absolute Gasteiger partial charge is 0.496 e. The summed E-state index contributed by atoms with van der Waals surface area (Å²) < 4.78 is 11.3. The molecule has 0 bridgehead atoms. The normalized spacial score (nSPS) is 11.3. The molecule has 0 heterocycles. The number of aryl methyl sites for hydroxylation is 1. The summed E-state index contributed by atoms with van der Waals surface area (Å²) in [6.45, 7) is 5.45. The van der Waals surface area contributed by atoms with E-state index in [0.717, 1.165) is 21.3 Å². The lowest BCUT2D eigenvalue weighted by atomic mass is 10.1. The van der Waals surface area contributed by atoms with Gasteiger partial charge in [0.25, 0.3) is 0 Å². The Hall–Kier alpha value is -2.60. The Kier molecular flexibility index (Phi) is 8.02. The highest BCUT2D eigenvalue weighted by Crippen LogP contribution is 2.25. The molecule has 0 spiro atoms. The molecular formula is C23H26BrNO4. The third-order valence-electron chi connectivity index (χ3n) is 3.90. The molecule has 2 rings (SSSR count). The van der Waals surface area contributed by atoms with Gasteiger partial charge in [-0.15, -0.1) is 0 Å². The van der Waals surface area contributed by atoms with Gasteiger partial charge >= 0.3 is 5.97 Å². The van der Waals surface area contributed by atoms with Gasteiger partial charge in [0.05, 0.1) is 12.8 Å². The Morgan fingerprint density at radius 1 is 1.14 bits per heavy atom. The second-order valence-corrected chi connectivity index (χ2v) is 8.32. The minimum absolute atomic E-state index is 0.107. The van der Waals surface area contributed by atoms with Crippen molar-refractivity contribution in [3.05, 3.63) is 64.1 Å². The first-order valence-corrected chi connectivity index (χ1v) is 10.1. The summed E-state index contributed by atoms with van der Waals surface area (Å²) in [6.07, 6.45) is 3.93. The lowest BCUT2D eigenvalue weighted by Gasteiger charge is -2.17. The third-order valence-corrected chi connectivity index (χ3v) is 4.59. The Labute approximate surface area is 180 Å². The second kappa shape index (κ2) is 10.3. The molecule has 0 unspecified atom stereocenters. The van der Waals surface area contributed by atoms with Gasteiger partial charge in [-0.3, -0.25) is 4.79 Å². The van der Waals surface area contributed by atoms with E-state index in [2.05, 4.69) is 21.2 Å². The summed E-state index contributed by atoms with van der Waals surface area (Å²) >= 11 is 3.45. The van der Waals surface area contributed by atoms with Gasteiger partial charge in [0.2, 0.25) is 5.91 Å². The van der Waals surface area contributed by atoms with Crippen molar-refractivity contribution in [2.24, 2.45) is 0 Å². The van der Waals surface area contributed by atoms with Crippen molar-refractivity contribution in [3.8, 4) is 5.75 Å². The molecule has 0 aliphatic heterocycles. The van der Waals surface area contributed by atoms with Crippen LogP contribution in [0.1, 0.15) is 38.3 Å². The van der Waals surface area contributed by atoms with Crippen LogP contribution in [0.2, 0.25) is 0 Å². The Balaban J connectivity index is 2.00. The maximum absolute atomic E-state index is 12.4. The summed E-state index contributed by atoms with van der Waals surface area (Å²) in [5.74, 6) is 0.253. The number of anilines is 1. The van der Waals surface area contributed by atoms with Gasteiger partial charge in [-0.1, -0.05) is 24.3 Å². The highest BCUT2D eigenvalue weighted by atomic mass is 79.9. The summed E-state index contributed by atoms with van der Waals surface area (Å²) in [7, 11) is 1.62. The molecule has 0 aliphatic carbocycles. The number of rotatable bonds is 7. The molecule has 2 aromatic carbocycles. The molecule has 0 aliphatic rings. The number of para-hydroxylation sites is 1. The molecule has 0 fully saturated rings. The highest BCUT2D eigenvalue weighted by Gasteiger charge is 2.14. The number of methoxy groups -OCH3 is 1. The van der Waals surface area contributed by atoms with Crippen molar-refractivity contribution in [3.63, 3.8) is 0 Å². The molecule has 1 N–H and O–H groups in total. The van der Waals surface area contributed by atoms with Crippen molar-refractivity contribution in [2.45, 2.75) is 39.2 Å². The zero-order valence-electron chi connectivity index (χ0n) is 17.1. The molecule has 29 heavy (non-hydrogen) atoms. The van der Waals surface area contributed by atoms with Gasteiger partial charge in [-0.05, 0) is 78.5 Å². The van der Waals surface area contributed by atoms with Gasteiger partial charge in [-0.2, -0.15) is 0 Å². The van der Waals surface area contributed by atoms with E-state index in [9.17, 15) is 9.59 Å². The van der Waals surface area contributed by atoms with Gasteiger partial charge in [0, 0.05) is 17.0 Å². The number of halogens is 1. The van der Waals surface area contributed by atoms with Crippen molar-refractivity contribution in [1.29, 1.82) is 0 Å². The third kappa shape index (κ3) is 7.74. The second-order valence-electron chi connectivity index (χ2n) is 7.47. The van der Waals surface area contributed by atoms with E-state index in [-0.39, 0.29) is 5.91 Å². The van der Waals surface area contributed by atoms with E-state index >= 15 is 0 Å². The van der Waals surface area contributed by atoms with Gasteiger partial charge in [0.15, 0.2) is 0 Å². The fraction of sp³-hybridized carbons (Fsp3) is 0.304. The summed E-state index contributed by atoms with van der Waals surface area (Å²) in [5.41, 5.74) is 1.86. The van der Waals surface area contributed by atoms with Crippen molar-refractivity contribution >= 4 is 39.6 Å². The Morgan fingerprint density at radius 3 is 2.55 bits per heavy atom. The number of ether oxygens (including phenoxy) is 2. The van der Waals surface area contributed by atoms with Crippen LogP contribution in [0.15, 0.2) is 53.0 Å². The van der Waals surface area contributed by atoms with Crippen LogP contribution in [-0.2, 0) is 20.7 Å². The molecule has 0 saturated carbocycles. The van der Waals surface area contributed by atoms with Crippen LogP contribution in [0.4, 0.5) is 5.69 Å². The molecule has 2 aromatic rings. The van der Waals surface area contributed by atoms with E-state index in [1.54, 1.807) is 19.3 Å². The molecule has 0 aromatic heterocycles. The van der Waals surface area contributed by atoms with Gasteiger partial charge < -0.3 is 14.8 Å². The van der Waals surface area contributed by atoms with E-state index in [1.165, 1.54) is 6.08 Å². The SMILES string of the molecule is COc1ccccc1CCC(=O)Nc1cc(/C=C/C(=O)OC(C)(C)C)ccc1Br. The van der Waals surface area contributed by atoms with Crippen molar-refractivity contribution in [2.75, 3.05) is 12.4 Å². The number of hydrogen-bond acceptors (Lipinski definition) is 4. The predicted molar refractivity (Wildman–Crippen MR) is 119 cm³/mol. The molecule has 5 nitrogen and oxygen atoms in total. The van der Waals surface area contributed by atoms with Crippen molar-refractivity contribution < 1.29 is 19.1 Å². The molecule has 0 saturated heterocycles. The van der Waals surface area contributed by atoms with Crippen LogP contribution >= 0.6 is 15.9 Å². The number of hydrogen-bond donors (Lipinski definition) is 1. The monoisotopic (exact) mass is 459 g/mol. The zero-order chi connectivity index (χ0) is 21.4. The number of benzene rings is 2. The number of amides is 1. The van der Waals surface area contributed by atoms with Gasteiger partial charge in [-0.25, -0.2) is 4.79 Å². The Bertz CT molecular complexity index is 900. The van der Waals surface area contributed by atoms with Crippen LogP contribution < -0.4 is 10.1 Å². The number of carbonyl (C=O) groups excluding carboxylic acids is 2. The van der Waals surface area contributed by atoms with E-state index in [0.29, 0.717) is 18.5 Å². The number of carbonyl (C=O) groups is 2. The fourth-order valence-electron chi connectivity index (χ4n) is 2.61. The van der Waals surface area contributed by atoms with Crippen LogP contribution in [0.25, 0.3) is 6.08 Å². The molecular weight excluding hydrogens is 434 g/mol. The summed E-state index contributed by atoms with van der Waals surface area (Å²) in [5, 5.41) is 2.91. The van der Waals surface area contributed by atoms with Crippen LogP contribution in [0, 0.1) is 0 Å². The lowest BCUT2D eigenvalue weighted by molar-refractivity contribution is -0.148. The van der Waals surface area contributed by atoms with E-state index in [4.69, 9.17) is 9.47 Å². The molecule has 6 heteroatoms. The minimum atomic E-state index is -0.540. The zero-order valence-corrected chi connectivity index (χ0v) is 18.7. The predicted octanol–water partition coefficient (Wildman–Crippen LogP) is 5.38. The highest BCUT2D eigenvalue weighted by molar-refractivity contribution is 9.10. The van der Waals surface area contributed by atoms with Crippen LogP contribution in [0.3, 0.4) is 0 Å². The lowest BCUT2D eigenvalue weighted by Crippen LogP contribution is -2.22. The first kappa shape index (κ1) is 22.7. The first-order valence-electron chi connectivity index (χ1n) is 9.30. The average Bonchev–Trinajstić information content (AvgIpc) is 2.66. The van der Waals surface area contributed by atoms with Crippen LogP contribution in [-0.4, -0.2) is 24.6 Å². The number of esters is 1. The maximum atomic E-state index is 12.4. The first-order chi connectivity index (χ1) is 13.7. The van der Waals surface area contributed by atoms with E-state index in [1.807, 2.05) is 57.2 Å². The fourth-order valence-corrected chi connectivity index (χ4v) is 2.96. The van der Waals surface area contributed by atoms with E-state index < -0.39 is 11.6 Å². The Morgan fingerprint density at radius 2 is 1.86 bits per heavy atom. The summed E-state index contributed by atoms with van der Waals surface area (Å²) in [4.78, 5) is 24.2. The van der Waals surface area contributed by atoms with Gasteiger partial charge in [0.1, 0.15) is 11.4 Å². The average molecular weight is 460 g/mol. The molecule has 0 radical (unpaired) electrons. The van der Waals surface area contributed by atoms with Crippen LogP contribution in [0.5, 0.6) is 5.75 Å². The summed E-state index contributed by atoms with van der Waals surface area (Å²) in [6, 6.07) is 13.1. The molecule has 1 amide bonds. The standard InChI is InChI=1S/C23H26BrNO4/c1-23(2,3)29-22(27)14-10-16-9-12-18(24)19(15-16)25-21(26)13-11-17-7-5-6-8-20(17)28-4/h5-10,12,14-15H,11,13H2,1-4H3,(H,25,26)/b14-10+. The smallest absolute Gasteiger partial charge is 0.331 e. The topological polar surface area (TPSA) is 64.6 Å². The van der Waals surface area contributed by atoms with Crippen molar-refractivity contribution in [1.82, 2.24) is 0 Å². The molecule has 0 atom stereocenters.